The second kappa shape index (κ2) is 7.22. The maximum Gasteiger partial charge on any atom is 0.237 e. The van der Waals surface area contributed by atoms with Gasteiger partial charge in [0.15, 0.2) is 11.6 Å². The van der Waals surface area contributed by atoms with Gasteiger partial charge in [0.1, 0.15) is 23.2 Å². The fourth-order valence-electron chi connectivity index (χ4n) is 4.73. The average Bonchev–Trinajstić information content (AvgIpc) is 3.40. The largest absolute Gasteiger partial charge is 0.341 e. The lowest BCUT2D eigenvalue weighted by Gasteiger charge is -2.45. The highest BCUT2D eigenvalue weighted by Crippen LogP contribution is 2.44. The minimum absolute atomic E-state index is 0.121. The van der Waals surface area contributed by atoms with E-state index in [1.54, 1.807) is 18.3 Å². The van der Waals surface area contributed by atoms with Gasteiger partial charge in [0.25, 0.3) is 0 Å². The summed E-state index contributed by atoms with van der Waals surface area (Å²) in [6.07, 6.45) is 9.84. The van der Waals surface area contributed by atoms with E-state index in [9.17, 15) is 4.39 Å². The van der Waals surface area contributed by atoms with Crippen LogP contribution in [0.3, 0.4) is 0 Å². The minimum Gasteiger partial charge on any atom is -0.341 e. The summed E-state index contributed by atoms with van der Waals surface area (Å²) in [5, 5.41) is 8.85. The smallest absolute Gasteiger partial charge is 0.237 e. The molecule has 3 aromatic heterocycles. The first-order valence-corrected chi connectivity index (χ1v) is 11.0. The molecule has 0 N–H and O–H groups in total. The molecule has 0 spiro atoms. The van der Waals surface area contributed by atoms with Gasteiger partial charge in [-0.1, -0.05) is 6.92 Å². The molecule has 1 aromatic carbocycles. The van der Waals surface area contributed by atoms with Gasteiger partial charge in [-0.15, -0.1) is 10.2 Å². The van der Waals surface area contributed by atoms with Gasteiger partial charge in [-0.25, -0.2) is 14.4 Å². The summed E-state index contributed by atoms with van der Waals surface area (Å²) < 4.78 is 17.4. The number of imidazole rings is 1. The average molecular weight is 430 g/mol. The summed E-state index contributed by atoms with van der Waals surface area (Å²) in [6.45, 7) is 4.14. The molecule has 0 bridgehead atoms. The van der Waals surface area contributed by atoms with Crippen LogP contribution in [0.2, 0.25) is 0 Å². The minimum atomic E-state index is -0.279. The molecule has 1 saturated carbocycles. The number of hydrogen-bond acceptors (Lipinski definition) is 6. The van der Waals surface area contributed by atoms with Crippen molar-refractivity contribution in [2.45, 2.75) is 51.6 Å². The van der Waals surface area contributed by atoms with Crippen LogP contribution in [0.25, 0.3) is 23.0 Å². The van der Waals surface area contributed by atoms with E-state index < -0.39 is 0 Å². The molecule has 4 aromatic rings. The van der Waals surface area contributed by atoms with Crippen molar-refractivity contribution in [2.24, 2.45) is 0 Å². The van der Waals surface area contributed by atoms with Crippen LogP contribution in [0.5, 0.6) is 0 Å². The number of benzene rings is 1. The summed E-state index contributed by atoms with van der Waals surface area (Å²) in [4.78, 5) is 16.6. The van der Waals surface area contributed by atoms with Crippen molar-refractivity contribution in [2.75, 3.05) is 4.90 Å². The predicted molar refractivity (Wildman–Crippen MR) is 117 cm³/mol. The van der Waals surface area contributed by atoms with Crippen LogP contribution in [0.4, 0.5) is 10.2 Å². The maximum atomic E-state index is 13.4. The Morgan fingerprint density at radius 3 is 2.62 bits per heavy atom. The van der Waals surface area contributed by atoms with Crippen molar-refractivity contribution in [3.05, 3.63) is 60.3 Å². The van der Waals surface area contributed by atoms with E-state index in [1.807, 2.05) is 23.9 Å². The highest BCUT2D eigenvalue weighted by molar-refractivity contribution is 5.64. The number of aromatic nitrogens is 7. The zero-order chi connectivity index (χ0) is 21.8. The number of halogens is 1. The Bertz CT molecular complexity index is 1290. The third kappa shape index (κ3) is 2.77. The molecular formula is C23H23FN8. The molecule has 6 rings (SSSR count). The van der Waals surface area contributed by atoms with E-state index in [0.717, 1.165) is 48.0 Å². The van der Waals surface area contributed by atoms with Gasteiger partial charge in [0, 0.05) is 24.0 Å². The van der Waals surface area contributed by atoms with E-state index in [0.29, 0.717) is 17.8 Å². The SMILES string of the molecule is CCC1c2nnc(C)n2-c2cnc(-n3ccnc3-c3ccc(F)cc3)nc2N1C1CCC1. The van der Waals surface area contributed by atoms with E-state index in [-0.39, 0.29) is 11.9 Å². The van der Waals surface area contributed by atoms with Crippen LogP contribution in [0, 0.1) is 12.7 Å². The van der Waals surface area contributed by atoms with Crippen LogP contribution in [-0.2, 0) is 0 Å². The summed E-state index contributed by atoms with van der Waals surface area (Å²) in [5.74, 6) is 3.62. The molecule has 1 unspecified atom stereocenters. The van der Waals surface area contributed by atoms with Gasteiger partial charge >= 0.3 is 0 Å². The molecule has 0 amide bonds. The second-order valence-corrected chi connectivity index (χ2v) is 8.36. The van der Waals surface area contributed by atoms with Gasteiger partial charge in [-0.2, -0.15) is 4.98 Å². The molecule has 1 aliphatic heterocycles. The lowest BCUT2D eigenvalue weighted by molar-refractivity contribution is 0.341. The number of anilines is 1. The summed E-state index contributed by atoms with van der Waals surface area (Å²) in [7, 11) is 0. The van der Waals surface area contributed by atoms with Crippen LogP contribution >= 0.6 is 0 Å². The lowest BCUT2D eigenvalue weighted by Crippen LogP contribution is -2.46. The Balaban J connectivity index is 1.51. The normalized spacial score (nSPS) is 17.7. The standard InChI is InChI=1S/C23H23FN8/c1-3-18-22-29-28-14(2)31(22)19-13-26-23(27-21(19)32(18)17-5-4-6-17)30-12-11-25-20(30)15-7-9-16(24)10-8-15/h7-13,17-18H,3-6H2,1-2H3. The van der Waals surface area contributed by atoms with E-state index in [2.05, 4.69) is 36.6 Å². The molecule has 0 saturated heterocycles. The number of nitrogens with zero attached hydrogens (tertiary/aromatic N) is 8. The highest BCUT2D eigenvalue weighted by Gasteiger charge is 2.40. The van der Waals surface area contributed by atoms with E-state index in [1.165, 1.54) is 18.6 Å². The molecule has 1 atom stereocenters. The van der Waals surface area contributed by atoms with Crippen molar-refractivity contribution in [3.63, 3.8) is 0 Å². The lowest BCUT2D eigenvalue weighted by atomic mass is 9.89. The molecule has 4 heterocycles. The van der Waals surface area contributed by atoms with E-state index >= 15 is 0 Å². The molecule has 8 nitrogen and oxygen atoms in total. The van der Waals surface area contributed by atoms with Crippen molar-refractivity contribution < 1.29 is 4.39 Å². The van der Waals surface area contributed by atoms with Gasteiger partial charge in [0.05, 0.1) is 12.2 Å². The van der Waals surface area contributed by atoms with Crippen LogP contribution in [-0.4, -0.2) is 40.3 Å². The fraction of sp³-hybridized carbons (Fsp3) is 0.348. The van der Waals surface area contributed by atoms with Crippen molar-refractivity contribution in [3.8, 4) is 23.0 Å². The Hall–Kier alpha value is -3.62. The molecule has 1 fully saturated rings. The monoisotopic (exact) mass is 430 g/mol. The van der Waals surface area contributed by atoms with Gasteiger partial charge < -0.3 is 4.90 Å². The third-order valence-corrected chi connectivity index (χ3v) is 6.52. The zero-order valence-electron chi connectivity index (χ0n) is 18.0. The van der Waals surface area contributed by atoms with Gasteiger partial charge in [-0.3, -0.25) is 9.13 Å². The van der Waals surface area contributed by atoms with Crippen LogP contribution in [0.15, 0.2) is 42.9 Å². The highest BCUT2D eigenvalue weighted by atomic mass is 19.1. The van der Waals surface area contributed by atoms with Crippen molar-refractivity contribution in [1.29, 1.82) is 0 Å². The molecule has 9 heteroatoms. The Kier molecular flexibility index (Phi) is 4.31. The number of fused-ring (bicyclic) bond motifs is 3. The predicted octanol–water partition coefficient (Wildman–Crippen LogP) is 4.18. The summed E-state index contributed by atoms with van der Waals surface area (Å²) >= 11 is 0. The van der Waals surface area contributed by atoms with Crippen LogP contribution in [0.1, 0.15) is 50.3 Å². The first-order chi connectivity index (χ1) is 15.7. The summed E-state index contributed by atoms with van der Waals surface area (Å²) in [5.41, 5.74) is 1.71. The Morgan fingerprint density at radius 1 is 1.09 bits per heavy atom. The number of aryl methyl sites for hydroxylation is 1. The van der Waals surface area contributed by atoms with Gasteiger partial charge in [-0.05, 0) is 56.9 Å². The molecule has 0 radical (unpaired) electrons. The first kappa shape index (κ1) is 19.1. The number of hydrogen-bond donors (Lipinski definition) is 0. The molecule has 32 heavy (non-hydrogen) atoms. The summed E-state index contributed by atoms with van der Waals surface area (Å²) in [6, 6.07) is 6.86. The topological polar surface area (TPSA) is 77.5 Å². The molecular weight excluding hydrogens is 407 g/mol. The molecule has 1 aliphatic carbocycles. The Labute approximate surface area is 184 Å². The van der Waals surface area contributed by atoms with Crippen molar-refractivity contribution in [1.82, 2.24) is 34.3 Å². The second-order valence-electron chi connectivity index (χ2n) is 8.36. The first-order valence-electron chi connectivity index (χ1n) is 11.0. The van der Waals surface area contributed by atoms with Gasteiger partial charge in [0.2, 0.25) is 5.95 Å². The molecule has 2 aliphatic rings. The van der Waals surface area contributed by atoms with Crippen LogP contribution < -0.4 is 4.90 Å². The maximum absolute atomic E-state index is 13.4. The third-order valence-electron chi connectivity index (χ3n) is 6.52. The quantitative estimate of drug-likeness (QED) is 0.483. The number of rotatable bonds is 4. The van der Waals surface area contributed by atoms with Crippen molar-refractivity contribution >= 4 is 5.82 Å². The fourth-order valence-corrected chi connectivity index (χ4v) is 4.73. The van der Waals surface area contributed by atoms with E-state index in [4.69, 9.17) is 4.98 Å². The zero-order valence-corrected chi connectivity index (χ0v) is 18.0. The Morgan fingerprint density at radius 2 is 1.91 bits per heavy atom. The molecule has 162 valence electrons.